The highest BCUT2D eigenvalue weighted by molar-refractivity contribution is 5.80. The highest BCUT2D eigenvalue weighted by Gasteiger charge is 2.43. The van der Waals surface area contributed by atoms with Crippen LogP contribution in [-0.4, -0.2) is 47.1 Å². The van der Waals surface area contributed by atoms with E-state index in [9.17, 15) is 19.1 Å². The molecule has 1 aromatic rings. The lowest BCUT2D eigenvalue weighted by Gasteiger charge is -2.36. The molecular formula is C17H23FN2O3. The molecule has 5 nitrogen and oxygen atoms in total. The van der Waals surface area contributed by atoms with Crippen LogP contribution in [0.15, 0.2) is 24.3 Å². The van der Waals surface area contributed by atoms with E-state index in [2.05, 4.69) is 5.32 Å². The van der Waals surface area contributed by atoms with Gasteiger partial charge in [-0.25, -0.2) is 4.39 Å². The lowest BCUT2D eigenvalue weighted by atomic mass is 9.92. The number of carbonyl (C=O) groups is 2. The first-order valence-corrected chi connectivity index (χ1v) is 7.88. The zero-order valence-corrected chi connectivity index (χ0v) is 13.3. The normalized spacial score (nSPS) is 20.6. The van der Waals surface area contributed by atoms with Gasteiger partial charge in [0.25, 0.3) is 0 Å². The summed E-state index contributed by atoms with van der Waals surface area (Å²) in [7, 11) is 0. The number of rotatable bonds is 6. The van der Waals surface area contributed by atoms with Crippen LogP contribution in [0, 0.1) is 5.82 Å². The summed E-state index contributed by atoms with van der Waals surface area (Å²) in [6, 6.07) is 6.45. The van der Waals surface area contributed by atoms with Crippen molar-refractivity contribution < 1.29 is 19.1 Å². The van der Waals surface area contributed by atoms with Gasteiger partial charge in [-0.05, 0) is 30.9 Å². The van der Waals surface area contributed by atoms with Gasteiger partial charge in [-0.1, -0.05) is 18.2 Å². The van der Waals surface area contributed by atoms with Gasteiger partial charge in [0.1, 0.15) is 5.82 Å². The van der Waals surface area contributed by atoms with Crippen LogP contribution >= 0.6 is 0 Å². The number of benzene rings is 1. The lowest BCUT2D eigenvalue weighted by Crippen LogP contribution is -2.52. The van der Waals surface area contributed by atoms with Crippen LogP contribution in [0.4, 0.5) is 4.39 Å². The first-order valence-electron chi connectivity index (χ1n) is 7.88. The third-order valence-electron chi connectivity index (χ3n) is 4.43. The average Bonchev–Trinajstić information content (AvgIpc) is 2.93. The van der Waals surface area contributed by atoms with Gasteiger partial charge in [-0.15, -0.1) is 0 Å². The third-order valence-corrected chi connectivity index (χ3v) is 4.43. The molecule has 0 spiro atoms. The highest BCUT2D eigenvalue weighted by Crippen LogP contribution is 2.32. The number of aliphatic hydroxyl groups is 1. The van der Waals surface area contributed by atoms with E-state index in [0.29, 0.717) is 31.5 Å². The Morgan fingerprint density at radius 1 is 1.39 bits per heavy atom. The van der Waals surface area contributed by atoms with E-state index in [-0.39, 0.29) is 30.7 Å². The number of hydrogen-bond acceptors (Lipinski definition) is 3. The molecule has 6 heteroatoms. The van der Waals surface area contributed by atoms with Gasteiger partial charge < -0.3 is 15.3 Å². The molecule has 23 heavy (non-hydrogen) atoms. The van der Waals surface area contributed by atoms with Crippen molar-refractivity contribution in [3.63, 3.8) is 0 Å². The van der Waals surface area contributed by atoms with Crippen LogP contribution in [0.3, 0.4) is 0 Å². The molecule has 1 aliphatic heterocycles. The van der Waals surface area contributed by atoms with E-state index in [1.54, 1.807) is 23.1 Å². The van der Waals surface area contributed by atoms with Crippen molar-refractivity contribution in [2.45, 2.75) is 38.1 Å². The smallest absolute Gasteiger partial charge is 0.222 e. The third kappa shape index (κ3) is 4.07. The van der Waals surface area contributed by atoms with Gasteiger partial charge in [-0.3, -0.25) is 9.59 Å². The van der Waals surface area contributed by atoms with Crippen molar-refractivity contribution in [2.75, 3.05) is 19.7 Å². The standard InChI is InChI=1S/C17H23FN2O3/c1-13(22)20-10-4-8-17(20,12-21)11-16(23)19-9-7-14-5-2-3-6-15(14)18/h2-3,5-6,21H,4,7-12H2,1H3,(H,19,23). The Morgan fingerprint density at radius 3 is 2.78 bits per heavy atom. The van der Waals surface area contributed by atoms with Crippen molar-refractivity contribution in [1.29, 1.82) is 0 Å². The number of carbonyl (C=O) groups excluding carboxylic acids is 2. The minimum absolute atomic E-state index is 0.0698. The number of halogens is 1. The first kappa shape index (κ1) is 17.4. The Hall–Kier alpha value is -1.95. The molecule has 0 bridgehead atoms. The minimum atomic E-state index is -0.798. The Kier molecular flexibility index (Phi) is 5.71. The molecule has 1 aliphatic rings. The number of amides is 2. The summed E-state index contributed by atoms with van der Waals surface area (Å²) in [6.45, 7) is 2.11. The molecule has 0 aromatic heterocycles. The van der Waals surface area contributed by atoms with Crippen molar-refractivity contribution in [2.24, 2.45) is 0 Å². The van der Waals surface area contributed by atoms with Gasteiger partial charge in [0, 0.05) is 20.0 Å². The molecule has 2 amide bonds. The Bertz CT molecular complexity index is 579. The number of likely N-dealkylation sites (tertiary alicyclic amines) is 1. The summed E-state index contributed by atoms with van der Waals surface area (Å²) in [4.78, 5) is 25.4. The van der Waals surface area contributed by atoms with Crippen LogP contribution in [-0.2, 0) is 16.0 Å². The molecular weight excluding hydrogens is 299 g/mol. The fourth-order valence-corrected chi connectivity index (χ4v) is 3.23. The SMILES string of the molecule is CC(=O)N1CCCC1(CO)CC(=O)NCCc1ccccc1F. The number of aliphatic hydroxyl groups excluding tert-OH is 1. The fourth-order valence-electron chi connectivity index (χ4n) is 3.23. The second-order valence-electron chi connectivity index (χ2n) is 6.02. The molecule has 0 saturated carbocycles. The Balaban J connectivity index is 1.88. The largest absolute Gasteiger partial charge is 0.394 e. The van der Waals surface area contributed by atoms with Gasteiger partial charge in [-0.2, -0.15) is 0 Å². The van der Waals surface area contributed by atoms with E-state index >= 15 is 0 Å². The number of nitrogens with one attached hydrogen (secondary N) is 1. The van der Waals surface area contributed by atoms with Gasteiger partial charge in [0.2, 0.25) is 11.8 Å². The average molecular weight is 322 g/mol. The van der Waals surface area contributed by atoms with Crippen LogP contribution in [0.2, 0.25) is 0 Å². The molecule has 0 aliphatic carbocycles. The Morgan fingerprint density at radius 2 is 2.13 bits per heavy atom. The summed E-state index contributed by atoms with van der Waals surface area (Å²) < 4.78 is 13.5. The van der Waals surface area contributed by atoms with Crippen molar-refractivity contribution in [1.82, 2.24) is 10.2 Å². The molecule has 0 radical (unpaired) electrons. The van der Waals surface area contributed by atoms with Gasteiger partial charge >= 0.3 is 0 Å². The number of hydrogen-bond donors (Lipinski definition) is 2. The highest BCUT2D eigenvalue weighted by atomic mass is 19.1. The monoisotopic (exact) mass is 322 g/mol. The maximum atomic E-state index is 13.5. The molecule has 126 valence electrons. The van der Waals surface area contributed by atoms with Crippen LogP contribution in [0.1, 0.15) is 31.7 Å². The van der Waals surface area contributed by atoms with E-state index in [1.165, 1.54) is 13.0 Å². The predicted octanol–water partition coefficient (Wildman–Crippen LogP) is 1.25. The Labute approximate surface area is 135 Å². The quantitative estimate of drug-likeness (QED) is 0.828. The van der Waals surface area contributed by atoms with Gasteiger partial charge in [0.15, 0.2) is 0 Å². The summed E-state index contributed by atoms with van der Waals surface area (Å²) in [5.74, 6) is -0.647. The summed E-state index contributed by atoms with van der Waals surface area (Å²) >= 11 is 0. The van der Waals surface area contributed by atoms with Gasteiger partial charge in [0.05, 0.1) is 18.6 Å². The topological polar surface area (TPSA) is 69.6 Å². The maximum absolute atomic E-state index is 13.5. The van der Waals surface area contributed by atoms with Crippen LogP contribution in [0.5, 0.6) is 0 Å². The molecule has 1 aromatic carbocycles. The molecule has 2 rings (SSSR count). The van der Waals surface area contributed by atoms with Crippen LogP contribution in [0.25, 0.3) is 0 Å². The molecule has 1 unspecified atom stereocenters. The lowest BCUT2D eigenvalue weighted by molar-refractivity contribution is -0.137. The summed E-state index contributed by atoms with van der Waals surface area (Å²) in [5, 5.41) is 12.5. The summed E-state index contributed by atoms with van der Waals surface area (Å²) in [5.41, 5.74) is -0.246. The molecule has 2 N–H and O–H groups in total. The van der Waals surface area contributed by atoms with E-state index in [1.807, 2.05) is 0 Å². The predicted molar refractivity (Wildman–Crippen MR) is 84.2 cm³/mol. The second kappa shape index (κ2) is 7.55. The van der Waals surface area contributed by atoms with E-state index in [4.69, 9.17) is 0 Å². The fraction of sp³-hybridized carbons (Fsp3) is 0.529. The van der Waals surface area contributed by atoms with Crippen molar-refractivity contribution in [3.8, 4) is 0 Å². The molecule has 1 atom stereocenters. The molecule has 1 saturated heterocycles. The molecule has 1 fully saturated rings. The summed E-state index contributed by atoms with van der Waals surface area (Å²) in [6.07, 6.45) is 1.87. The van der Waals surface area contributed by atoms with Crippen molar-refractivity contribution >= 4 is 11.8 Å². The zero-order chi connectivity index (χ0) is 16.9. The number of nitrogens with zero attached hydrogens (tertiary/aromatic N) is 1. The minimum Gasteiger partial charge on any atom is -0.394 e. The second-order valence-corrected chi connectivity index (χ2v) is 6.02. The van der Waals surface area contributed by atoms with E-state index in [0.717, 1.165) is 6.42 Å². The van der Waals surface area contributed by atoms with Crippen molar-refractivity contribution in [3.05, 3.63) is 35.6 Å². The first-order chi connectivity index (χ1) is 11.0. The maximum Gasteiger partial charge on any atom is 0.222 e. The van der Waals surface area contributed by atoms with Crippen LogP contribution < -0.4 is 5.32 Å². The zero-order valence-electron chi connectivity index (χ0n) is 13.3. The molecule has 1 heterocycles. The van der Waals surface area contributed by atoms with E-state index < -0.39 is 5.54 Å².